The largest absolute Gasteiger partial charge is 0.369 e. The van der Waals surface area contributed by atoms with Crippen LogP contribution in [-0.4, -0.2) is 48.3 Å². The number of para-hydroxylation sites is 1. The number of anilines is 1. The van der Waals surface area contributed by atoms with Gasteiger partial charge in [-0.15, -0.1) is 0 Å². The first kappa shape index (κ1) is 19.3. The molecule has 0 spiro atoms. The summed E-state index contributed by atoms with van der Waals surface area (Å²) in [6, 6.07) is 12.7. The van der Waals surface area contributed by atoms with Gasteiger partial charge < -0.3 is 9.80 Å². The fourth-order valence-electron chi connectivity index (χ4n) is 4.18. The highest BCUT2D eigenvalue weighted by molar-refractivity contribution is 6.13. The number of hydrogen-bond donors (Lipinski definition) is 0. The number of likely N-dealkylation sites (N-methyl/N-ethyl adjacent to an activating group) is 1. The summed E-state index contributed by atoms with van der Waals surface area (Å²) in [5, 5.41) is 11.3. The van der Waals surface area contributed by atoms with Gasteiger partial charge in [-0.25, -0.2) is 0 Å². The summed E-state index contributed by atoms with van der Waals surface area (Å²) >= 11 is 0. The maximum absolute atomic E-state index is 13.0. The topological polar surface area (TPSA) is 66.7 Å². The number of piperazine rings is 1. The molecule has 0 N–H and O–H groups in total. The number of nitrogens with zero attached hydrogens (tertiary/aromatic N) is 3. The van der Waals surface area contributed by atoms with Crippen LogP contribution in [0.2, 0.25) is 0 Å². The van der Waals surface area contributed by atoms with Crippen molar-refractivity contribution in [3.63, 3.8) is 0 Å². The minimum Gasteiger partial charge on any atom is -0.369 e. The average Bonchev–Trinajstić information content (AvgIpc) is 2.76. The number of allylic oxidation sites excluding steroid dienone is 1. The van der Waals surface area contributed by atoms with Crippen molar-refractivity contribution in [3.8, 4) is 0 Å². The van der Waals surface area contributed by atoms with Crippen molar-refractivity contribution in [2.24, 2.45) is 0 Å². The van der Waals surface area contributed by atoms with Gasteiger partial charge in [0, 0.05) is 49.1 Å². The molecule has 150 valence electrons. The molecule has 0 unspecified atom stereocenters. The summed E-state index contributed by atoms with van der Waals surface area (Å²) in [4.78, 5) is 28.7. The van der Waals surface area contributed by atoms with Crippen molar-refractivity contribution >= 4 is 23.2 Å². The lowest BCUT2D eigenvalue weighted by Gasteiger charge is -2.36. The second kappa shape index (κ2) is 8.17. The molecule has 1 fully saturated rings. The molecule has 2 aromatic carbocycles. The van der Waals surface area contributed by atoms with E-state index in [1.165, 1.54) is 11.8 Å². The predicted octanol–water partition coefficient (Wildman–Crippen LogP) is 3.95. The zero-order chi connectivity index (χ0) is 20.4. The number of ketones is 1. The van der Waals surface area contributed by atoms with Crippen LogP contribution in [0.1, 0.15) is 34.8 Å². The smallest absolute Gasteiger partial charge is 0.276 e. The van der Waals surface area contributed by atoms with Crippen molar-refractivity contribution in [1.82, 2.24) is 4.90 Å². The summed E-state index contributed by atoms with van der Waals surface area (Å²) in [5.41, 5.74) is 4.12. The molecule has 0 bridgehead atoms. The van der Waals surface area contributed by atoms with Crippen LogP contribution in [0.3, 0.4) is 0 Å². The van der Waals surface area contributed by atoms with Crippen molar-refractivity contribution in [1.29, 1.82) is 0 Å². The maximum Gasteiger partial charge on any atom is 0.276 e. The molecule has 0 saturated carbocycles. The molecule has 0 aromatic heterocycles. The number of carbonyl (C=O) groups excluding carboxylic acids is 1. The van der Waals surface area contributed by atoms with E-state index >= 15 is 0 Å². The van der Waals surface area contributed by atoms with E-state index in [0.717, 1.165) is 50.3 Å². The van der Waals surface area contributed by atoms with Crippen LogP contribution in [0, 0.1) is 10.1 Å². The fraction of sp³-hybridized carbons (Fsp3) is 0.348. The molecule has 6 nitrogen and oxygen atoms in total. The van der Waals surface area contributed by atoms with E-state index < -0.39 is 4.92 Å². The van der Waals surface area contributed by atoms with Crippen LogP contribution in [0.15, 0.2) is 48.0 Å². The van der Waals surface area contributed by atoms with Gasteiger partial charge in [-0.05, 0) is 55.3 Å². The van der Waals surface area contributed by atoms with E-state index in [1.54, 1.807) is 24.3 Å². The molecule has 1 aliphatic carbocycles. The lowest BCUT2D eigenvalue weighted by Crippen LogP contribution is -2.46. The quantitative estimate of drug-likeness (QED) is 0.449. The maximum atomic E-state index is 13.0. The Hall–Kier alpha value is -2.99. The number of fused-ring (bicyclic) bond motifs is 1. The summed E-state index contributed by atoms with van der Waals surface area (Å²) in [7, 11) is 0. The van der Waals surface area contributed by atoms with E-state index in [9.17, 15) is 14.9 Å². The first-order valence-corrected chi connectivity index (χ1v) is 10.2. The predicted molar refractivity (Wildman–Crippen MR) is 114 cm³/mol. The van der Waals surface area contributed by atoms with Crippen LogP contribution in [0.4, 0.5) is 11.4 Å². The highest BCUT2D eigenvalue weighted by Crippen LogP contribution is 2.31. The standard InChI is InChI=1S/C23H25N3O3/c1-2-24-11-13-25(14-12-24)20-9-10-21-17(16-20)7-8-19(23(21)27)15-18-5-3-4-6-22(18)26(28)29/h3-6,9-10,15-16H,2,7-8,11-14H2,1H3/b19-15+. The van der Waals surface area contributed by atoms with Gasteiger partial charge in [0.1, 0.15) is 0 Å². The zero-order valence-electron chi connectivity index (χ0n) is 16.6. The summed E-state index contributed by atoms with van der Waals surface area (Å²) < 4.78 is 0. The minimum atomic E-state index is -0.405. The second-order valence-corrected chi connectivity index (χ2v) is 7.58. The Morgan fingerprint density at radius 2 is 1.83 bits per heavy atom. The molecule has 1 saturated heterocycles. The van der Waals surface area contributed by atoms with E-state index in [1.807, 2.05) is 12.1 Å². The number of benzene rings is 2. The highest BCUT2D eigenvalue weighted by atomic mass is 16.6. The minimum absolute atomic E-state index is 0.0215. The number of rotatable bonds is 4. The molecule has 29 heavy (non-hydrogen) atoms. The molecule has 6 heteroatoms. The average molecular weight is 391 g/mol. The number of carbonyl (C=O) groups is 1. The summed E-state index contributed by atoms with van der Waals surface area (Å²) in [6.45, 7) is 7.41. The molecule has 1 heterocycles. The van der Waals surface area contributed by atoms with Gasteiger partial charge >= 0.3 is 0 Å². The first-order valence-electron chi connectivity index (χ1n) is 10.2. The molecule has 2 aliphatic rings. The SMILES string of the molecule is CCN1CCN(c2ccc3c(c2)CC/C(=C\c2ccccc2[N+](=O)[O-])C3=O)CC1. The number of nitro benzene ring substituents is 1. The van der Waals surface area contributed by atoms with Crippen molar-refractivity contribution in [2.45, 2.75) is 19.8 Å². The lowest BCUT2D eigenvalue weighted by molar-refractivity contribution is -0.385. The van der Waals surface area contributed by atoms with Crippen LogP contribution < -0.4 is 4.90 Å². The summed E-state index contributed by atoms with van der Waals surface area (Å²) in [5.74, 6) is -0.0215. The van der Waals surface area contributed by atoms with Crippen molar-refractivity contribution < 1.29 is 9.72 Å². The zero-order valence-corrected chi connectivity index (χ0v) is 16.6. The van der Waals surface area contributed by atoms with Gasteiger partial charge in [0.2, 0.25) is 0 Å². The first-order chi connectivity index (χ1) is 14.1. The van der Waals surface area contributed by atoms with Gasteiger partial charge in [0.15, 0.2) is 5.78 Å². The second-order valence-electron chi connectivity index (χ2n) is 7.58. The molecular weight excluding hydrogens is 366 g/mol. The van der Waals surface area contributed by atoms with Crippen molar-refractivity contribution in [2.75, 3.05) is 37.6 Å². The van der Waals surface area contributed by atoms with E-state index in [-0.39, 0.29) is 11.5 Å². The van der Waals surface area contributed by atoms with E-state index in [2.05, 4.69) is 22.8 Å². The van der Waals surface area contributed by atoms with E-state index in [4.69, 9.17) is 0 Å². The number of aryl methyl sites for hydroxylation is 1. The Balaban J connectivity index is 1.57. The van der Waals surface area contributed by atoms with Gasteiger partial charge in [0.25, 0.3) is 5.69 Å². The Morgan fingerprint density at radius 1 is 1.07 bits per heavy atom. The third-order valence-corrected chi connectivity index (χ3v) is 5.94. The molecule has 0 radical (unpaired) electrons. The third-order valence-electron chi connectivity index (χ3n) is 5.94. The van der Waals surface area contributed by atoms with Gasteiger partial charge in [-0.2, -0.15) is 0 Å². The van der Waals surface area contributed by atoms with Gasteiger partial charge in [0.05, 0.1) is 10.5 Å². The van der Waals surface area contributed by atoms with E-state index in [0.29, 0.717) is 17.6 Å². The Kier molecular flexibility index (Phi) is 5.45. The molecule has 1 aliphatic heterocycles. The molecule has 4 rings (SSSR count). The monoisotopic (exact) mass is 391 g/mol. The molecule has 0 amide bonds. The number of Topliss-reactive ketones (excluding diaryl/α,β-unsaturated/α-hetero) is 1. The van der Waals surface area contributed by atoms with Crippen LogP contribution >= 0.6 is 0 Å². The number of nitro groups is 1. The van der Waals surface area contributed by atoms with Crippen molar-refractivity contribution in [3.05, 3.63) is 74.8 Å². The summed E-state index contributed by atoms with van der Waals surface area (Å²) in [6.07, 6.45) is 3.06. The molecule has 0 atom stereocenters. The third kappa shape index (κ3) is 3.93. The van der Waals surface area contributed by atoms with Crippen LogP contribution in [-0.2, 0) is 6.42 Å². The molecular formula is C23H25N3O3. The van der Waals surface area contributed by atoms with Crippen LogP contribution in [0.25, 0.3) is 6.08 Å². The number of hydrogen-bond acceptors (Lipinski definition) is 5. The van der Waals surface area contributed by atoms with Crippen LogP contribution in [0.5, 0.6) is 0 Å². The Labute approximate surface area is 170 Å². The highest BCUT2D eigenvalue weighted by Gasteiger charge is 2.24. The fourth-order valence-corrected chi connectivity index (χ4v) is 4.18. The van der Waals surface area contributed by atoms with Gasteiger partial charge in [-0.3, -0.25) is 14.9 Å². The Bertz CT molecular complexity index is 975. The Morgan fingerprint density at radius 3 is 2.55 bits per heavy atom. The molecule has 2 aromatic rings. The normalized spacial score (nSPS) is 18.7. The lowest BCUT2D eigenvalue weighted by atomic mass is 9.85. The van der Waals surface area contributed by atoms with Gasteiger partial charge in [-0.1, -0.05) is 19.1 Å².